The molecule has 0 spiro atoms. The number of nitro benzene ring substituents is 1. The standard InChI is InChI=1S/C23H22N2O6S/c1-16-7-13-21(14-8-16)32(29,30)24(22-6-4-5-17(2)18(22)3)23(26)15-31-20-11-9-19(10-12-20)25(27)28/h4-14H,15H2,1-3H3. The number of nitrogens with zero attached hydrogens (tertiary/aromatic N) is 2. The molecule has 0 bridgehead atoms. The molecule has 0 N–H and O–H groups in total. The Morgan fingerprint density at radius 1 is 0.969 bits per heavy atom. The molecule has 9 heteroatoms. The summed E-state index contributed by atoms with van der Waals surface area (Å²) in [6.45, 7) is 4.83. The number of anilines is 1. The second-order valence-electron chi connectivity index (χ2n) is 7.23. The molecule has 32 heavy (non-hydrogen) atoms. The molecule has 0 saturated carbocycles. The second-order valence-corrected chi connectivity index (χ2v) is 9.02. The van der Waals surface area contributed by atoms with E-state index < -0.39 is 27.5 Å². The zero-order valence-electron chi connectivity index (χ0n) is 17.8. The van der Waals surface area contributed by atoms with E-state index in [2.05, 4.69) is 0 Å². The lowest BCUT2D eigenvalue weighted by Crippen LogP contribution is -2.40. The lowest BCUT2D eigenvalue weighted by molar-refractivity contribution is -0.384. The monoisotopic (exact) mass is 454 g/mol. The number of hydrogen-bond donors (Lipinski definition) is 0. The van der Waals surface area contributed by atoms with Crippen molar-refractivity contribution in [3.8, 4) is 5.75 Å². The maximum atomic E-state index is 13.5. The van der Waals surface area contributed by atoms with Gasteiger partial charge in [-0.1, -0.05) is 29.8 Å². The summed E-state index contributed by atoms with van der Waals surface area (Å²) in [5.41, 5.74) is 2.48. The summed E-state index contributed by atoms with van der Waals surface area (Å²) in [6.07, 6.45) is 0. The van der Waals surface area contributed by atoms with E-state index in [-0.39, 0.29) is 22.0 Å². The van der Waals surface area contributed by atoms with Crippen LogP contribution in [-0.4, -0.2) is 25.9 Å². The molecule has 0 radical (unpaired) electrons. The van der Waals surface area contributed by atoms with Gasteiger partial charge in [0.25, 0.3) is 21.6 Å². The molecule has 8 nitrogen and oxygen atoms in total. The first-order valence-electron chi connectivity index (χ1n) is 9.69. The van der Waals surface area contributed by atoms with E-state index in [0.29, 0.717) is 5.56 Å². The summed E-state index contributed by atoms with van der Waals surface area (Å²) in [5.74, 6) is -0.588. The Morgan fingerprint density at radius 2 is 1.59 bits per heavy atom. The van der Waals surface area contributed by atoms with Gasteiger partial charge in [0.2, 0.25) is 0 Å². The van der Waals surface area contributed by atoms with Crippen LogP contribution in [0.2, 0.25) is 0 Å². The van der Waals surface area contributed by atoms with Crippen molar-refractivity contribution in [1.29, 1.82) is 0 Å². The fraction of sp³-hybridized carbons (Fsp3) is 0.174. The van der Waals surface area contributed by atoms with Gasteiger partial charge in [0.15, 0.2) is 6.61 Å². The van der Waals surface area contributed by atoms with E-state index in [4.69, 9.17) is 4.74 Å². The summed E-state index contributed by atoms with van der Waals surface area (Å²) in [6, 6.07) is 16.5. The summed E-state index contributed by atoms with van der Waals surface area (Å²) in [7, 11) is -4.22. The number of carbonyl (C=O) groups is 1. The Hall–Kier alpha value is -3.72. The molecule has 3 rings (SSSR count). The van der Waals surface area contributed by atoms with Crippen molar-refractivity contribution in [1.82, 2.24) is 0 Å². The van der Waals surface area contributed by atoms with Crippen molar-refractivity contribution >= 4 is 27.3 Å². The molecule has 3 aromatic carbocycles. The summed E-state index contributed by atoms with van der Waals surface area (Å²) in [4.78, 5) is 23.4. The Balaban J connectivity index is 1.96. The fourth-order valence-corrected chi connectivity index (χ4v) is 4.51. The van der Waals surface area contributed by atoms with Crippen molar-refractivity contribution in [2.45, 2.75) is 25.7 Å². The third kappa shape index (κ3) is 4.78. The molecule has 0 aromatic heterocycles. The number of hydrogen-bond acceptors (Lipinski definition) is 6. The average molecular weight is 455 g/mol. The normalized spacial score (nSPS) is 11.1. The highest BCUT2D eigenvalue weighted by Gasteiger charge is 2.32. The van der Waals surface area contributed by atoms with Crippen LogP contribution >= 0.6 is 0 Å². The quantitative estimate of drug-likeness (QED) is 0.389. The molecular weight excluding hydrogens is 432 g/mol. The molecule has 0 aliphatic heterocycles. The van der Waals surface area contributed by atoms with Gasteiger partial charge in [0.05, 0.1) is 15.5 Å². The summed E-state index contributed by atoms with van der Waals surface area (Å²) >= 11 is 0. The Labute approximate surface area is 186 Å². The first kappa shape index (κ1) is 23.0. The molecule has 0 unspecified atom stereocenters. The van der Waals surface area contributed by atoms with Gasteiger partial charge in [-0.15, -0.1) is 0 Å². The minimum Gasteiger partial charge on any atom is -0.484 e. The fourth-order valence-electron chi connectivity index (χ4n) is 3.04. The van der Waals surface area contributed by atoms with Gasteiger partial charge < -0.3 is 4.74 Å². The maximum Gasteiger partial charge on any atom is 0.278 e. The number of amides is 1. The zero-order valence-corrected chi connectivity index (χ0v) is 18.6. The van der Waals surface area contributed by atoms with Crippen LogP contribution < -0.4 is 9.04 Å². The predicted octanol–water partition coefficient (Wildman–Crippen LogP) is 4.32. The molecule has 0 atom stereocenters. The number of sulfonamides is 1. The predicted molar refractivity (Wildman–Crippen MR) is 120 cm³/mol. The van der Waals surface area contributed by atoms with Crippen LogP contribution in [0, 0.1) is 30.9 Å². The summed E-state index contributed by atoms with van der Waals surface area (Å²) < 4.78 is 33.1. The molecule has 0 fully saturated rings. The summed E-state index contributed by atoms with van der Waals surface area (Å²) in [5, 5.41) is 10.8. The number of carbonyl (C=O) groups excluding carboxylic acids is 1. The number of rotatable bonds is 7. The van der Waals surface area contributed by atoms with E-state index in [0.717, 1.165) is 15.4 Å². The van der Waals surface area contributed by atoms with Crippen molar-refractivity contribution < 1.29 is 22.9 Å². The first-order valence-corrected chi connectivity index (χ1v) is 11.1. The van der Waals surface area contributed by atoms with Gasteiger partial charge in [-0.25, -0.2) is 8.42 Å². The average Bonchev–Trinajstić information content (AvgIpc) is 2.76. The SMILES string of the molecule is Cc1ccc(S(=O)(=O)N(C(=O)COc2ccc([N+](=O)[O-])cc2)c2cccc(C)c2C)cc1. The highest BCUT2D eigenvalue weighted by Crippen LogP contribution is 2.29. The van der Waals surface area contributed by atoms with Gasteiger partial charge in [-0.3, -0.25) is 14.9 Å². The van der Waals surface area contributed by atoms with Crippen LogP contribution in [0.25, 0.3) is 0 Å². The van der Waals surface area contributed by atoms with Gasteiger partial charge in [-0.05, 0) is 62.2 Å². The largest absolute Gasteiger partial charge is 0.484 e. The van der Waals surface area contributed by atoms with Crippen LogP contribution in [-0.2, 0) is 14.8 Å². The first-order chi connectivity index (χ1) is 15.1. The molecule has 1 amide bonds. The third-order valence-corrected chi connectivity index (χ3v) is 6.74. The minimum atomic E-state index is -4.22. The number of nitro groups is 1. The zero-order chi connectivity index (χ0) is 23.5. The Kier molecular flexibility index (Phi) is 6.59. The van der Waals surface area contributed by atoms with Crippen molar-refractivity contribution in [3.05, 3.63) is 93.5 Å². The molecule has 0 aliphatic rings. The van der Waals surface area contributed by atoms with Gasteiger partial charge >= 0.3 is 0 Å². The van der Waals surface area contributed by atoms with Crippen LogP contribution in [0.4, 0.5) is 11.4 Å². The topological polar surface area (TPSA) is 107 Å². The number of ether oxygens (including phenoxy) is 1. The highest BCUT2D eigenvalue weighted by molar-refractivity contribution is 7.93. The lowest BCUT2D eigenvalue weighted by Gasteiger charge is -2.25. The highest BCUT2D eigenvalue weighted by atomic mass is 32.2. The Bertz CT molecular complexity index is 1250. The van der Waals surface area contributed by atoms with E-state index in [1.54, 1.807) is 31.2 Å². The molecule has 0 saturated heterocycles. The van der Waals surface area contributed by atoms with Gasteiger partial charge in [0.1, 0.15) is 5.75 Å². The van der Waals surface area contributed by atoms with Crippen LogP contribution in [0.3, 0.4) is 0 Å². The second kappa shape index (κ2) is 9.19. The van der Waals surface area contributed by atoms with E-state index in [1.807, 2.05) is 19.9 Å². The number of benzene rings is 3. The molecular formula is C23H22N2O6S. The van der Waals surface area contributed by atoms with Crippen LogP contribution in [0.5, 0.6) is 5.75 Å². The van der Waals surface area contributed by atoms with Crippen LogP contribution in [0.15, 0.2) is 71.6 Å². The minimum absolute atomic E-state index is 0.0207. The lowest BCUT2D eigenvalue weighted by atomic mass is 10.1. The Morgan fingerprint density at radius 3 is 2.19 bits per heavy atom. The van der Waals surface area contributed by atoms with Gasteiger partial charge in [0, 0.05) is 12.1 Å². The van der Waals surface area contributed by atoms with E-state index >= 15 is 0 Å². The molecule has 3 aromatic rings. The van der Waals surface area contributed by atoms with E-state index in [1.165, 1.54) is 36.4 Å². The van der Waals surface area contributed by atoms with Crippen molar-refractivity contribution in [2.75, 3.05) is 10.9 Å². The van der Waals surface area contributed by atoms with Crippen molar-refractivity contribution in [3.63, 3.8) is 0 Å². The molecule has 166 valence electrons. The third-order valence-electron chi connectivity index (χ3n) is 4.99. The molecule has 0 heterocycles. The molecule has 0 aliphatic carbocycles. The maximum absolute atomic E-state index is 13.5. The van der Waals surface area contributed by atoms with Crippen molar-refractivity contribution in [2.24, 2.45) is 0 Å². The van der Waals surface area contributed by atoms with E-state index in [9.17, 15) is 23.3 Å². The van der Waals surface area contributed by atoms with Crippen LogP contribution in [0.1, 0.15) is 16.7 Å². The van der Waals surface area contributed by atoms with Gasteiger partial charge in [-0.2, -0.15) is 4.31 Å². The number of aryl methyl sites for hydroxylation is 2. The number of non-ortho nitro benzene ring substituents is 1. The smallest absolute Gasteiger partial charge is 0.278 e.